The Morgan fingerprint density at radius 1 is 0.935 bits per heavy atom. The molecule has 2 N–H and O–H groups in total. The van der Waals surface area contributed by atoms with Crippen LogP contribution in [0.25, 0.3) is 10.2 Å². The molecule has 4 rings (SSSR count). The molecule has 0 aliphatic heterocycles. The largest absolute Gasteiger partial charge is 0.497 e. The fourth-order valence-corrected chi connectivity index (χ4v) is 4.06. The van der Waals surface area contributed by atoms with Gasteiger partial charge in [-0.15, -0.1) is 0 Å². The maximum atomic E-state index is 12.9. The SMILES string of the molecule is COc1ccc2nc(NC(=O)c3ccccc3NC(=O)c3ccc(Cl)c(Cl)c3)sc2c1. The molecule has 9 heteroatoms. The highest BCUT2D eigenvalue weighted by molar-refractivity contribution is 7.22. The van der Waals surface area contributed by atoms with Gasteiger partial charge in [0, 0.05) is 5.56 Å². The first kappa shape index (κ1) is 21.1. The summed E-state index contributed by atoms with van der Waals surface area (Å²) in [5, 5.41) is 6.61. The minimum atomic E-state index is -0.411. The van der Waals surface area contributed by atoms with E-state index >= 15 is 0 Å². The predicted molar refractivity (Wildman–Crippen MR) is 125 cm³/mol. The fraction of sp³-hybridized carbons (Fsp3) is 0.0455. The summed E-state index contributed by atoms with van der Waals surface area (Å²) < 4.78 is 6.11. The number of anilines is 2. The number of methoxy groups -OCH3 is 1. The molecule has 0 atom stereocenters. The van der Waals surface area contributed by atoms with E-state index in [4.69, 9.17) is 27.9 Å². The van der Waals surface area contributed by atoms with E-state index in [0.717, 1.165) is 10.2 Å². The molecule has 0 aliphatic rings. The molecule has 6 nitrogen and oxygen atoms in total. The molecule has 0 fully saturated rings. The van der Waals surface area contributed by atoms with Crippen LogP contribution in [0, 0.1) is 0 Å². The van der Waals surface area contributed by atoms with Gasteiger partial charge in [-0.25, -0.2) is 4.98 Å². The number of amides is 2. The first-order chi connectivity index (χ1) is 14.9. The van der Waals surface area contributed by atoms with Crippen molar-refractivity contribution in [1.29, 1.82) is 0 Å². The van der Waals surface area contributed by atoms with E-state index in [1.54, 1.807) is 43.5 Å². The zero-order valence-corrected chi connectivity index (χ0v) is 18.4. The van der Waals surface area contributed by atoms with Crippen LogP contribution >= 0.6 is 34.5 Å². The number of benzene rings is 3. The molecular formula is C22H15Cl2N3O3S. The van der Waals surface area contributed by atoms with Gasteiger partial charge in [0.05, 0.1) is 38.6 Å². The maximum absolute atomic E-state index is 12.9. The Morgan fingerprint density at radius 3 is 2.52 bits per heavy atom. The van der Waals surface area contributed by atoms with Crippen molar-refractivity contribution < 1.29 is 14.3 Å². The molecule has 3 aromatic carbocycles. The molecule has 0 bridgehead atoms. The highest BCUT2D eigenvalue weighted by atomic mass is 35.5. The van der Waals surface area contributed by atoms with Crippen LogP contribution in [0.3, 0.4) is 0 Å². The smallest absolute Gasteiger partial charge is 0.259 e. The number of fused-ring (bicyclic) bond motifs is 1. The molecule has 0 unspecified atom stereocenters. The summed E-state index contributed by atoms with van der Waals surface area (Å²) in [7, 11) is 1.59. The van der Waals surface area contributed by atoms with Crippen LogP contribution in [-0.2, 0) is 0 Å². The summed E-state index contributed by atoms with van der Waals surface area (Å²) >= 11 is 13.2. The molecular weight excluding hydrogens is 457 g/mol. The summed E-state index contributed by atoms with van der Waals surface area (Å²) in [6.07, 6.45) is 0. The summed E-state index contributed by atoms with van der Waals surface area (Å²) in [4.78, 5) is 29.9. The Kier molecular flexibility index (Phi) is 6.08. The third kappa shape index (κ3) is 4.64. The molecule has 1 heterocycles. The number of halogens is 2. The van der Waals surface area contributed by atoms with Gasteiger partial charge in [-0.1, -0.05) is 46.7 Å². The summed E-state index contributed by atoms with van der Waals surface area (Å²) in [6.45, 7) is 0. The monoisotopic (exact) mass is 471 g/mol. The van der Waals surface area contributed by atoms with Gasteiger partial charge in [0.15, 0.2) is 5.13 Å². The van der Waals surface area contributed by atoms with E-state index in [1.165, 1.54) is 17.4 Å². The molecule has 0 saturated carbocycles. The van der Waals surface area contributed by atoms with Crippen molar-refractivity contribution >= 4 is 67.4 Å². The normalized spacial score (nSPS) is 10.7. The lowest BCUT2D eigenvalue weighted by Gasteiger charge is -2.11. The number of rotatable bonds is 5. The first-order valence-electron chi connectivity index (χ1n) is 9.06. The predicted octanol–water partition coefficient (Wildman–Crippen LogP) is 6.12. The summed E-state index contributed by atoms with van der Waals surface area (Å²) in [6, 6.07) is 16.8. The number of ether oxygens (including phenoxy) is 1. The average Bonchev–Trinajstić information content (AvgIpc) is 3.17. The third-order valence-electron chi connectivity index (χ3n) is 4.42. The Morgan fingerprint density at radius 2 is 1.74 bits per heavy atom. The highest BCUT2D eigenvalue weighted by Gasteiger charge is 2.16. The molecule has 156 valence electrons. The molecule has 31 heavy (non-hydrogen) atoms. The number of carbonyl (C=O) groups is 2. The second-order valence-corrected chi connectivity index (χ2v) is 8.28. The van der Waals surface area contributed by atoms with Gasteiger partial charge >= 0.3 is 0 Å². The van der Waals surface area contributed by atoms with Gasteiger partial charge in [0.1, 0.15) is 5.75 Å². The molecule has 0 saturated heterocycles. The molecule has 4 aromatic rings. The zero-order chi connectivity index (χ0) is 22.0. The number of thiazole rings is 1. The second-order valence-electron chi connectivity index (χ2n) is 6.44. The van der Waals surface area contributed by atoms with Crippen molar-refractivity contribution in [3.05, 3.63) is 81.8 Å². The van der Waals surface area contributed by atoms with Crippen LogP contribution in [0.5, 0.6) is 5.75 Å². The zero-order valence-electron chi connectivity index (χ0n) is 16.1. The minimum Gasteiger partial charge on any atom is -0.497 e. The van der Waals surface area contributed by atoms with E-state index in [9.17, 15) is 9.59 Å². The number of hydrogen-bond donors (Lipinski definition) is 2. The van der Waals surface area contributed by atoms with Gasteiger partial charge in [0.2, 0.25) is 0 Å². The molecule has 0 aliphatic carbocycles. The fourth-order valence-electron chi connectivity index (χ4n) is 2.87. The average molecular weight is 472 g/mol. The quantitative estimate of drug-likeness (QED) is 0.367. The maximum Gasteiger partial charge on any atom is 0.259 e. The lowest BCUT2D eigenvalue weighted by molar-refractivity contribution is 0.102. The minimum absolute atomic E-state index is 0.271. The standard InChI is InChI=1S/C22H15Cl2N3O3S/c1-30-13-7-9-18-19(11-13)31-22(26-18)27-21(29)14-4-2-3-5-17(14)25-20(28)12-6-8-15(23)16(24)10-12/h2-11H,1H3,(H,25,28)(H,26,27,29). The molecule has 2 amide bonds. The van der Waals surface area contributed by atoms with Crippen LogP contribution in [-0.4, -0.2) is 23.9 Å². The van der Waals surface area contributed by atoms with Crippen molar-refractivity contribution in [1.82, 2.24) is 4.98 Å². The lowest BCUT2D eigenvalue weighted by atomic mass is 10.1. The number of nitrogens with zero attached hydrogens (tertiary/aromatic N) is 1. The van der Waals surface area contributed by atoms with Crippen LogP contribution in [0.1, 0.15) is 20.7 Å². The second kappa shape index (κ2) is 8.93. The molecule has 1 aromatic heterocycles. The highest BCUT2D eigenvalue weighted by Crippen LogP contribution is 2.30. The number of carbonyl (C=O) groups excluding carboxylic acids is 2. The van der Waals surface area contributed by atoms with Crippen LogP contribution in [0.15, 0.2) is 60.7 Å². The van der Waals surface area contributed by atoms with Crippen molar-refractivity contribution in [2.24, 2.45) is 0 Å². The summed E-state index contributed by atoms with van der Waals surface area (Å²) in [5.74, 6) is -0.0913. The van der Waals surface area contributed by atoms with Gasteiger partial charge in [0.25, 0.3) is 11.8 Å². The Balaban J connectivity index is 1.55. The number of nitrogens with one attached hydrogen (secondary N) is 2. The van der Waals surface area contributed by atoms with Crippen LogP contribution in [0.2, 0.25) is 10.0 Å². The van der Waals surface area contributed by atoms with Gasteiger partial charge < -0.3 is 10.1 Å². The van der Waals surface area contributed by atoms with E-state index < -0.39 is 11.8 Å². The summed E-state index contributed by atoms with van der Waals surface area (Å²) in [5.41, 5.74) is 1.73. The Labute approximate surface area is 191 Å². The van der Waals surface area contributed by atoms with E-state index in [1.807, 2.05) is 18.2 Å². The topological polar surface area (TPSA) is 80.3 Å². The van der Waals surface area contributed by atoms with Crippen LogP contribution in [0.4, 0.5) is 10.8 Å². The van der Waals surface area contributed by atoms with Crippen LogP contribution < -0.4 is 15.4 Å². The van der Waals surface area contributed by atoms with E-state index in [2.05, 4.69) is 15.6 Å². The van der Waals surface area contributed by atoms with E-state index in [0.29, 0.717) is 32.7 Å². The van der Waals surface area contributed by atoms with Gasteiger partial charge in [-0.3, -0.25) is 14.9 Å². The van der Waals surface area contributed by atoms with Crippen molar-refractivity contribution in [2.45, 2.75) is 0 Å². The number of para-hydroxylation sites is 1. The lowest BCUT2D eigenvalue weighted by Crippen LogP contribution is -2.18. The van der Waals surface area contributed by atoms with Gasteiger partial charge in [-0.05, 0) is 48.5 Å². The Bertz CT molecular complexity index is 1310. The number of hydrogen-bond acceptors (Lipinski definition) is 5. The van der Waals surface area contributed by atoms with E-state index in [-0.39, 0.29) is 5.02 Å². The van der Waals surface area contributed by atoms with Crippen molar-refractivity contribution in [2.75, 3.05) is 17.7 Å². The molecule has 0 spiro atoms. The van der Waals surface area contributed by atoms with Crippen molar-refractivity contribution in [3.63, 3.8) is 0 Å². The first-order valence-corrected chi connectivity index (χ1v) is 10.6. The number of aromatic nitrogens is 1. The molecule has 0 radical (unpaired) electrons. The Hall–Kier alpha value is -3.13. The van der Waals surface area contributed by atoms with Gasteiger partial charge in [-0.2, -0.15) is 0 Å². The third-order valence-corrected chi connectivity index (χ3v) is 6.09. The van der Waals surface area contributed by atoms with Crippen molar-refractivity contribution in [3.8, 4) is 5.75 Å².